The second-order valence-electron chi connectivity index (χ2n) is 3.64. The average Bonchev–Trinajstić information content (AvgIpc) is 2.12. The summed E-state index contributed by atoms with van der Waals surface area (Å²) < 4.78 is 5.53. The van der Waals surface area contributed by atoms with Gasteiger partial charge in [-0.15, -0.1) is 0 Å². The smallest absolute Gasteiger partial charge is 0.221 e. The molecule has 0 aromatic carbocycles. The molecule has 0 unspecified atom stereocenters. The van der Waals surface area contributed by atoms with Gasteiger partial charge in [-0.25, -0.2) is 4.98 Å². The van der Waals surface area contributed by atoms with Gasteiger partial charge in [0.05, 0.1) is 0 Å². The topological polar surface area (TPSA) is 38.2 Å². The van der Waals surface area contributed by atoms with Crippen LogP contribution in [0.3, 0.4) is 0 Å². The molecule has 0 spiro atoms. The first-order valence-electron chi connectivity index (χ1n) is 4.79. The highest BCUT2D eigenvalue weighted by Crippen LogP contribution is 2.21. The number of ether oxygens (including phenoxy) is 1. The molecule has 0 bridgehead atoms. The van der Waals surface area contributed by atoms with Crippen molar-refractivity contribution in [1.82, 2.24) is 14.9 Å². The first kappa shape index (κ1) is 12.2. The van der Waals surface area contributed by atoms with Crippen LogP contribution >= 0.6 is 11.6 Å². The summed E-state index contributed by atoms with van der Waals surface area (Å²) in [6.07, 6.45) is 0. The van der Waals surface area contributed by atoms with Gasteiger partial charge in [0, 0.05) is 12.1 Å². The van der Waals surface area contributed by atoms with Gasteiger partial charge in [0.25, 0.3) is 0 Å². The molecular formula is C10H16ClN3O. The maximum absolute atomic E-state index is 5.92. The zero-order chi connectivity index (χ0) is 11.4. The molecule has 0 fully saturated rings. The van der Waals surface area contributed by atoms with Crippen molar-refractivity contribution < 1.29 is 4.74 Å². The Morgan fingerprint density at radius 1 is 1.27 bits per heavy atom. The van der Waals surface area contributed by atoms with Crippen molar-refractivity contribution in [3.05, 3.63) is 16.5 Å². The van der Waals surface area contributed by atoms with Crippen molar-refractivity contribution in [3.8, 4) is 5.88 Å². The lowest BCUT2D eigenvalue weighted by Crippen LogP contribution is -2.20. The van der Waals surface area contributed by atoms with Crippen molar-refractivity contribution in [2.75, 3.05) is 27.2 Å². The van der Waals surface area contributed by atoms with Crippen LogP contribution in [0.25, 0.3) is 0 Å². The van der Waals surface area contributed by atoms with E-state index in [-0.39, 0.29) is 0 Å². The fourth-order valence-electron chi connectivity index (χ4n) is 1.04. The number of nitrogens with zero attached hydrogens (tertiary/aromatic N) is 3. The normalized spacial score (nSPS) is 10.8. The Morgan fingerprint density at radius 2 is 1.93 bits per heavy atom. The van der Waals surface area contributed by atoms with Crippen LogP contribution < -0.4 is 4.74 Å². The van der Waals surface area contributed by atoms with Crippen LogP contribution in [-0.4, -0.2) is 42.1 Å². The summed E-state index contributed by atoms with van der Waals surface area (Å²) >= 11 is 5.92. The van der Waals surface area contributed by atoms with Crippen molar-refractivity contribution in [3.63, 3.8) is 0 Å². The number of rotatable bonds is 4. The number of aryl methyl sites for hydroxylation is 1. The molecule has 0 radical (unpaired) electrons. The molecule has 0 aliphatic rings. The third kappa shape index (κ3) is 3.64. The van der Waals surface area contributed by atoms with Gasteiger partial charge >= 0.3 is 0 Å². The Kier molecular flexibility index (Phi) is 4.29. The van der Waals surface area contributed by atoms with E-state index >= 15 is 0 Å². The molecule has 0 saturated carbocycles. The fraction of sp³-hybridized carbons (Fsp3) is 0.600. The Hall–Kier alpha value is -0.870. The highest BCUT2D eigenvalue weighted by Gasteiger charge is 2.08. The number of likely N-dealkylation sites (N-methyl/N-ethyl adjacent to an activating group) is 1. The summed E-state index contributed by atoms with van der Waals surface area (Å²) in [6, 6.07) is 0. The van der Waals surface area contributed by atoms with Gasteiger partial charge < -0.3 is 9.64 Å². The molecule has 0 atom stereocenters. The van der Waals surface area contributed by atoms with Gasteiger partial charge in [-0.3, -0.25) is 0 Å². The molecule has 0 amide bonds. The first-order chi connectivity index (χ1) is 7.00. The number of halogens is 1. The minimum absolute atomic E-state index is 0.461. The molecule has 1 aromatic rings. The molecule has 15 heavy (non-hydrogen) atoms. The molecule has 0 saturated heterocycles. The number of hydrogen-bond donors (Lipinski definition) is 0. The summed E-state index contributed by atoms with van der Waals surface area (Å²) in [4.78, 5) is 10.3. The largest absolute Gasteiger partial charge is 0.476 e. The Morgan fingerprint density at radius 3 is 2.53 bits per heavy atom. The van der Waals surface area contributed by atoms with Crippen LogP contribution in [-0.2, 0) is 0 Å². The van der Waals surface area contributed by atoms with Crippen molar-refractivity contribution in [2.45, 2.75) is 13.8 Å². The van der Waals surface area contributed by atoms with E-state index in [1.165, 1.54) is 0 Å². The van der Waals surface area contributed by atoms with E-state index in [4.69, 9.17) is 16.3 Å². The molecule has 84 valence electrons. The van der Waals surface area contributed by atoms with Crippen LogP contribution in [0.15, 0.2) is 0 Å². The minimum atomic E-state index is 0.461. The standard InChI is InChI=1S/C10H16ClN3O/c1-7-9(11)12-8(2)13-10(7)15-6-5-14(3)4/h5-6H2,1-4H3. The third-order valence-corrected chi connectivity index (χ3v) is 2.30. The van der Waals surface area contributed by atoms with Gasteiger partial charge in [-0.2, -0.15) is 4.98 Å². The molecule has 0 N–H and O–H groups in total. The Labute approximate surface area is 95.2 Å². The van der Waals surface area contributed by atoms with Crippen LogP contribution in [0, 0.1) is 13.8 Å². The second kappa shape index (κ2) is 5.28. The lowest BCUT2D eigenvalue weighted by Gasteiger charge is -2.12. The van der Waals surface area contributed by atoms with Crippen LogP contribution in [0.5, 0.6) is 5.88 Å². The van der Waals surface area contributed by atoms with Crippen LogP contribution in [0.1, 0.15) is 11.4 Å². The molecule has 1 heterocycles. The quantitative estimate of drug-likeness (QED) is 0.737. The van der Waals surface area contributed by atoms with Gasteiger partial charge in [-0.1, -0.05) is 11.6 Å². The van der Waals surface area contributed by atoms with Gasteiger partial charge in [-0.05, 0) is 27.9 Å². The second-order valence-corrected chi connectivity index (χ2v) is 4.00. The minimum Gasteiger partial charge on any atom is -0.476 e. The Balaban J connectivity index is 2.68. The predicted octanol–water partition coefficient (Wildman–Crippen LogP) is 1.69. The van der Waals surface area contributed by atoms with E-state index in [2.05, 4.69) is 9.97 Å². The van der Waals surface area contributed by atoms with E-state index in [1.807, 2.05) is 25.9 Å². The predicted molar refractivity (Wildman–Crippen MR) is 60.6 cm³/mol. The monoisotopic (exact) mass is 229 g/mol. The zero-order valence-corrected chi connectivity index (χ0v) is 10.3. The SMILES string of the molecule is Cc1nc(Cl)c(C)c(OCCN(C)C)n1. The van der Waals surface area contributed by atoms with Crippen molar-refractivity contribution in [1.29, 1.82) is 0 Å². The van der Waals surface area contributed by atoms with Crippen LogP contribution in [0.4, 0.5) is 0 Å². The summed E-state index contributed by atoms with van der Waals surface area (Å²) in [6.45, 7) is 5.09. The summed E-state index contributed by atoms with van der Waals surface area (Å²) in [7, 11) is 3.99. The highest BCUT2D eigenvalue weighted by molar-refractivity contribution is 6.30. The van der Waals surface area contributed by atoms with Crippen molar-refractivity contribution >= 4 is 11.6 Å². The maximum Gasteiger partial charge on any atom is 0.221 e. The summed E-state index contributed by atoms with van der Waals surface area (Å²) in [5.41, 5.74) is 0.793. The zero-order valence-electron chi connectivity index (χ0n) is 9.54. The van der Waals surface area contributed by atoms with E-state index in [9.17, 15) is 0 Å². The molecule has 1 rings (SSSR count). The number of hydrogen-bond acceptors (Lipinski definition) is 4. The lowest BCUT2D eigenvalue weighted by atomic mass is 10.3. The Bertz CT molecular complexity index is 342. The number of aromatic nitrogens is 2. The van der Waals surface area contributed by atoms with E-state index in [0.29, 0.717) is 23.5 Å². The highest BCUT2D eigenvalue weighted by atomic mass is 35.5. The third-order valence-electron chi connectivity index (χ3n) is 1.93. The van der Waals surface area contributed by atoms with Gasteiger partial charge in [0.15, 0.2) is 0 Å². The average molecular weight is 230 g/mol. The van der Waals surface area contributed by atoms with Crippen molar-refractivity contribution in [2.24, 2.45) is 0 Å². The molecule has 0 aliphatic heterocycles. The van der Waals surface area contributed by atoms with Crippen LogP contribution in [0.2, 0.25) is 5.15 Å². The molecule has 4 nitrogen and oxygen atoms in total. The summed E-state index contributed by atoms with van der Waals surface area (Å²) in [5.74, 6) is 1.21. The fourth-order valence-corrected chi connectivity index (χ4v) is 1.24. The first-order valence-corrected chi connectivity index (χ1v) is 5.16. The molecule has 5 heteroatoms. The molecule has 0 aliphatic carbocycles. The van der Waals surface area contributed by atoms with E-state index in [1.54, 1.807) is 6.92 Å². The van der Waals surface area contributed by atoms with Gasteiger partial charge in [0.2, 0.25) is 5.88 Å². The maximum atomic E-state index is 5.92. The molecular weight excluding hydrogens is 214 g/mol. The lowest BCUT2D eigenvalue weighted by molar-refractivity contribution is 0.251. The summed E-state index contributed by atoms with van der Waals surface area (Å²) in [5, 5.41) is 0.461. The van der Waals surface area contributed by atoms with E-state index < -0.39 is 0 Å². The van der Waals surface area contributed by atoms with E-state index in [0.717, 1.165) is 12.1 Å². The van der Waals surface area contributed by atoms with Gasteiger partial charge in [0.1, 0.15) is 17.6 Å². The molecule has 1 aromatic heterocycles.